The zero-order valence-corrected chi connectivity index (χ0v) is 25.3. The SMILES string of the molecule is CC(=O)Nc1ccc(OC(=O)c2ccccc2OC(C)=O)cc1.CC(=O)Nc1ccc(OC(=O)c2ccccc2OC(C)=O)cc1. The standard InChI is InChI=1S/2C17H15NO5/c2*1-11(19)18-13-7-9-14(10-8-13)23-17(21)15-5-3-4-6-16(15)22-12(2)20/h2*3-10H,1-2H3,(H,18,19). The third-order valence-corrected chi connectivity index (χ3v) is 5.49. The Morgan fingerprint density at radius 2 is 0.761 bits per heavy atom. The summed E-state index contributed by atoms with van der Waals surface area (Å²) in [7, 11) is 0. The Morgan fingerprint density at radius 1 is 0.435 bits per heavy atom. The van der Waals surface area contributed by atoms with Crippen molar-refractivity contribution in [2.45, 2.75) is 27.7 Å². The lowest BCUT2D eigenvalue weighted by atomic mass is 10.2. The van der Waals surface area contributed by atoms with E-state index >= 15 is 0 Å². The molecule has 0 unspecified atom stereocenters. The van der Waals surface area contributed by atoms with Crippen LogP contribution < -0.4 is 29.6 Å². The van der Waals surface area contributed by atoms with Crippen LogP contribution in [0.4, 0.5) is 11.4 Å². The average Bonchev–Trinajstić information content (AvgIpc) is 2.99. The second-order valence-corrected chi connectivity index (χ2v) is 9.37. The van der Waals surface area contributed by atoms with Gasteiger partial charge in [0.1, 0.15) is 34.1 Å². The van der Waals surface area contributed by atoms with Gasteiger partial charge in [0.05, 0.1) is 0 Å². The molecule has 4 rings (SSSR count). The third-order valence-electron chi connectivity index (χ3n) is 5.49. The van der Waals surface area contributed by atoms with Gasteiger partial charge in [-0.05, 0) is 72.8 Å². The first-order valence-corrected chi connectivity index (χ1v) is 13.7. The van der Waals surface area contributed by atoms with Gasteiger partial charge < -0.3 is 29.6 Å². The number of nitrogens with one attached hydrogen (secondary N) is 2. The van der Waals surface area contributed by atoms with Crippen molar-refractivity contribution in [3.8, 4) is 23.0 Å². The van der Waals surface area contributed by atoms with Crippen molar-refractivity contribution >= 4 is 47.1 Å². The fourth-order valence-electron chi connectivity index (χ4n) is 3.70. The number of anilines is 2. The number of ether oxygens (including phenoxy) is 4. The number of benzene rings is 4. The highest BCUT2D eigenvalue weighted by Crippen LogP contribution is 2.23. The molecule has 4 aromatic rings. The van der Waals surface area contributed by atoms with Crippen LogP contribution in [0.5, 0.6) is 23.0 Å². The van der Waals surface area contributed by atoms with Crippen LogP contribution in [0.3, 0.4) is 0 Å². The molecule has 0 spiro atoms. The van der Waals surface area contributed by atoms with Gasteiger partial charge in [-0.3, -0.25) is 19.2 Å². The second kappa shape index (κ2) is 16.5. The summed E-state index contributed by atoms with van der Waals surface area (Å²) in [4.78, 5) is 68.4. The van der Waals surface area contributed by atoms with Gasteiger partial charge in [0.15, 0.2) is 0 Å². The summed E-state index contributed by atoms with van der Waals surface area (Å²) in [6, 6.07) is 25.3. The molecule has 4 aromatic carbocycles. The third kappa shape index (κ3) is 11.1. The van der Waals surface area contributed by atoms with Gasteiger partial charge >= 0.3 is 23.9 Å². The van der Waals surface area contributed by atoms with Crippen LogP contribution in [-0.2, 0) is 19.2 Å². The molecule has 0 aliphatic carbocycles. The Balaban J connectivity index is 0.000000250. The second-order valence-electron chi connectivity index (χ2n) is 9.37. The van der Waals surface area contributed by atoms with Crippen LogP contribution in [0, 0.1) is 0 Å². The van der Waals surface area contributed by atoms with Gasteiger partial charge in [-0.15, -0.1) is 0 Å². The summed E-state index contributed by atoms with van der Waals surface area (Å²) < 4.78 is 20.4. The Bertz CT molecular complexity index is 1600. The Kier molecular flexibility index (Phi) is 12.3. The summed E-state index contributed by atoms with van der Waals surface area (Å²) in [5, 5.41) is 5.22. The number of para-hydroxylation sites is 2. The number of rotatable bonds is 8. The van der Waals surface area contributed by atoms with E-state index in [2.05, 4.69) is 10.6 Å². The molecule has 0 heterocycles. The molecule has 12 heteroatoms. The van der Waals surface area contributed by atoms with Crippen molar-refractivity contribution in [1.29, 1.82) is 0 Å². The van der Waals surface area contributed by atoms with Crippen LogP contribution in [0.15, 0.2) is 97.1 Å². The first kappa shape index (κ1) is 34.2. The molecule has 0 aliphatic heterocycles. The number of carbonyl (C=O) groups is 6. The highest BCUT2D eigenvalue weighted by molar-refractivity contribution is 5.96. The molecular formula is C34H30N2O10. The van der Waals surface area contributed by atoms with Crippen molar-refractivity contribution in [1.82, 2.24) is 0 Å². The first-order valence-electron chi connectivity index (χ1n) is 13.7. The minimum absolute atomic E-state index is 0.139. The van der Waals surface area contributed by atoms with E-state index in [9.17, 15) is 28.8 Å². The van der Waals surface area contributed by atoms with Crippen molar-refractivity contribution in [2.75, 3.05) is 10.6 Å². The molecule has 2 amide bonds. The monoisotopic (exact) mass is 626 g/mol. The van der Waals surface area contributed by atoms with E-state index in [-0.39, 0.29) is 34.4 Å². The van der Waals surface area contributed by atoms with Gasteiger partial charge in [-0.2, -0.15) is 0 Å². The van der Waals surface area contributed by atoms with E-state index in [0.29, 0.717) is 22.9 Å². The Hall–Kier alpha value is -6.30. The highest BCUT2D eigenvalue weighted by Gasteiger charge is 2.17. The van der Waals surface area contributed by atoms with E-state index < -0.39 is 23.9 Å². The van der Waals surface area contributed by atoms with Gasteiger partial charge in [0.25, 0.3) is 0 Å². The quantitative estimate of drug-likeness (QED) is 0.186. The van der Waals surface area contributed by atoms with Crippen molar-refractivity contribution in [2.24, 2.45) is 0 Å². The Labute approximate surface area is 264 Å². The van der Waals surface area contributed by atoms with E-state index in [4.69, 9.17) is 18.9 Å². The lowest BCUT2D eigenvalue weighted by molar-refractivity contribution is -0.132. The molecule has 12 nitrogen and oxygen atoms in total. The lowest BCUT2D eigenvalue weighted by Crippen LogP contribution is -2.12. The zero-order valence-electron chi connectivity index (χ0n) is 25.3. The van der Waals surface area contributed by atoms with E-state index in [1.807, 2.05) is 0 Å². The molecule has 2 N–H and O–H groups in total. The summed E-state index contributed by atoms with van der Waals surface area (Å²) in [6.07, 6.45) is 0. The van der Waals surface area contributed by atoms with Crippen LogP contribution >= 0.6 is 0 Å². The summed E-state index contributed by atoms with van der Waals surface area (Å²) in [5.41, 5.74) is 1.48. The largest absolute Gasteiger partial charge is 0.426 e. The molecule has 0 fully saturated rings. The van der Waals surface area contributed by atoms with E-state index in [1.54, 1.807) is 72.8 Å². The summed E-state index contributed by atoms with van der Waals surface area (Å²) >= 11 is 0. The number of carbonyl (C=O) groups excluding carboxylic acids is 6. The molecule has 0 saturated heterocycles. The van der Waals surface area contributed by atoms with E-state index in [1.165, 1.54) is 52.0 Å². The molecule has 0 bridgehead atoms. The summed E-state index contributed by atoms with van der Waals surface area (Å²) in [5.74, 6) is -1.82. The molecule has 0 aromatic heterocycles. The highest BCUT2D eigenvalue weighted by atomic mass is 16.6. The smallest absolute Gasteiger partial charge is 0.347 e. The normalized spacial score (nSPS) is 9.83. The minimum Gasteiger partial charge on any atom is -0.426 e. The lowest BCUT2D eigenvalue weighted by Gasteiger charge is -2.09. The number of amides is 2. The topological polar surface area (TPSA) is 163 Å². The summed E-state index contributed by atoms with van der Waals surface area (Å²) in [6.45, 7) is 5.31. The molecular weight excluding hydrogens is 596 g/mol. The maximum Gasteiger partial charge on any atom is 0.347 e. The average molecular weight is 627 g/mol. The number of hydrogen-bond donors (Lipinski definition) is 2. The van der Waals surface area contributed by atoms with Crippen molar-refractivity contribution in [3.05, 3.63) is 108 Å². The van der Waals surface area contributed by atoms with Crippen LogP contribution in [-0.4, -0.2) is 35.7 Å². The van der Waals surface area contributed by atoms with Crippen LogP contribution in [0.25, 0.3) is 0 Å². The van der Waals surface area contributed by atoms with Gasteiger partial charge in [0, 0.05) is 39.1 Å². The fourth-order valence-corrected chi connectivity index (χ4v) is 3.70. The van der Waals surface area contributed by atoms with Gasteiger partial charge in [-0.1, -0.05) is 24.3 Å². The predicted octanol–water partition coefficient (Wildman–Crippen LogP) is 5.58. The molecule has 0 atom stereocenters. The molecule has 46 heavy (non-hydrogen) atoms. The predicted molar refractivity (Wildman–Crippen MR) is 167 cm³/mol. The maximum absolute atomic E-state index is 12.2. The van der Waals surface area contributed by atoms with Crippen molar-refractivity contribution < 1.29 is 47.7 Å². The van der Waals surface area contributed by atoms with Crippen LogP contribution in [0.1, 0.15) is 48.4 Å². The number of esters is 4. The van der Waals surface area contributed by atoms with Crippen molar-refractivity contribution in [3.63, 3.8) is 0 Å². The van der Waals surface area contributed by atoms with Gasteiger partial charge in [-0.25, -0.2) is 9.59 Å². The molecule has 0 aliphatic rings. The first-order chi connectivity index (χ1) is 21.9. The molecule has 0 saturated carbocycles. The zero-order chi connectivity index (χ0) is 33.6. The number of hydrogen-bond acceptors (Lipinski definition) is 10. The molecule has 236 valence electrons. The van der Waals surface area contributed by atoms with E-state index in [0.717, 1.165) is 0 Å². The Morgan fingerprint density at radius 3 is 1.07 bits per heavy atom. The maximum atomic E-state index is 12.2. The van der Waals surface area contributed by atoms with Crippen LogP contribution in [0.2, 0.25) is 0 Å². The fraction of sp³-hybridized carbons (Fsp3) is 0.118. The van der Waals surface area contributed by atoms with Gasteiger partial charge in [0.2, 0.25) is 11.8 Å². The minimum atomic E-state index is -0.644. The molecule has 0 radical (unpaired) electrons.